The van der Waals surface area contributed by atoms with Crippen LogP contribution in [-0.2, 0) is 19.6 Å². The molecule has 1 aliphatic heterocycles. The molecule has 2 rings (SSSR count). The molecule has 1 unspecified atom stereocenters. The summed E-state index contributed by atoms with van der Waals surface area (Å²) in [6.07, 6.45) is 0. The van der Waals surface area contributed by atoms with Crippen LogP contribution < -0.4 is 0 Å². The molecule has 1 aromatic rings. The van der Waals surface area contributed by atoms with Crippen LogP contribution in [0.15, 0.2) is 16.3 Å². The molecule has 0 radical (unpaired) electrons. The van der Waals surface area contributed by atoms with E-state index in [0.29, 0.717) is 0 Å². The van der Waals surface area contributed by atoms with Crippen LogP contribution in [0.1, 0.15) is 4.88 Å². The lowest BCUT2D eigenvalue weighted by atomic mass is 10.3. The van der Waals surface area contributed by atoms with E-state index in [1.807, 2.05) is 6.07 Å². The summed E-state index contributed by atoms with van der Waals surface area (Å²) in [4.78, 5) is 11.3. The topological polar surface area (TPSA) is 108 Å². The van der Waals surface area contributed by atoms with Gasteiger partial charge in [0.2, 0.25) is 0 Å². The Morgan fingerprint density at radius 2 is 2.32 bits per heavy atom. The molecule has 0 saturated carbocycles. The number of carbonyl (C=O) groups is 1. The van der Waals surface area contributed by atoms with Gasteiger partial charge in [0.15, 0.2) is 0 Å². The van der Waals surface area contributed by atoms with E-state index in [1.54, 1.807) is 0 Å². The SMILES string of the molecule is N#Cc1ccc(S(=O)(=O)N2CCOCC2C(=O)O)s1. The fourth-order valence-corrected chi connectivity index (χ4v) is 4.49. The highest BCUT2D eigenvalue weighted by atomic mass is 32.2. The van der Waals surface area contributed by atoms with Gasteiger partial charge in [-0.2, -0.15) is 9.57 Å². The second-order valence-electron chi connectivity index (χ2n) is 3.78. The van der Waals surface area contributed by atoms with Crippen molar-refractivity contribution < 1.29 is 23.1 Å². The third-order valence-electron chi connectivity index (χ3n) is 2.62. The molecule has 1 atom stereocenters. The Hall–Kier alpha value is -1.47. The molecule has 7 nitrogen and oxygen atoms in total. The van der Waals surface area contributed by atoms with Crippen molar-refractivity contribution in [1.82, 2.24) is 4.31 Å². The molecule has 1 saturated heterocycles. The van der Waals surface area contributed by atoms with Crippen LogP contribution in [0, 0.1) is 11.3 Å². The molecule has 0 bridgehead atoms. The quantitative estimate of drug-likeness (QED) is 0.848. The lowest BCUT2D eigenvalue weighted by Crippen LogP contribution is -2.52. The van der Waals surface area contributed by atoms with Crippen LogP contribution in [0.3, 0.4) is 0 Å². The van der Waals surface area contributed by atoms with Crippen molar-refractivity contribution in [3.63, 3.8) is 0 Å². The summed E-state index contributed by atoms with van der Waals surface area (Å²) >= 11 is 0.823. The number of carboxylic acids is 1. The van der Waals surface area contributed by atoms with Gasteiger partial charge in [-0.3, -0.25) is 4.79 Å². The number of rotatable bonds is 3. The first-order chi connectivity index (χ1) is 8.96. The first-order valence-corrected chi connectivity index (χ1v) is 7.55. The Kier molecular flexibility index (Phi) is 3.86. The van der Waals surface area contributed by atoms with Crippen LogP contribution in [0.25, 0.3) is 0 Å². The van der Waals surface area contributed by atoms with Crippen LogP contribution >= 0.6 is 11.3 Å². The number of ether oxygens (including phenoxy) is 1. The minimum atomic E-state index is -3.91. The van der Waals surface area contributed by atoms with Crippen molar-refractivity contribution in [3.05, 3.63) is 17.0 Å². The number of aliphatic carboxylic acids is 1. The van der Waals surface area contributed by atoms with Gasteiger partial charge in [-0.05, 0) is 12.1 Å². The molecular formula is C10H10N2O5S2. The fourth-order valence-electron chi connectivity index (χ4n) is 1.71. The zero-order valence-electron chi connectivity index (χ0n) is 9.64. The highest BCUT2D eigenvalue weighted by molar-refractivity contribution is 7.91. The number of hydrogen-bond acceptors (Lipinski definition) is 6. The maximum absolute atomic E-state index is 12.3. The van der Waals surface area contributed by atoms with Crippen molar-refractivity contribution in [2.24, 2.45) is 0 Å². The molecule has 19 heavy (non-hydrogen) atoms. The summed E-state index contributed by atoms with van der Waals surface area (Å²) in [5.74, 6) is -1.25. The monoisotopic (exact) mass is 302 g/mol. The van der Waals surface area contributed by atoms with Crippen LogP contribution in [0.5, 0.6) is 0 Å². The minimum absolute atomic E-state index is 0.0148. The molecule has 9 heteroatoms. The van der Waals surface area contributed by atoms with Crippen molar-refractivity contribution in [3.8, 4) is 6.07 Å². The molecule has 1 aliphatic rings. The first-order valence-electron chi connectivity index (χ1n) is 5.29. The van der Waals surface area contributed by atoms with E-state index in [4.69, 9.17) is 15.1 Å². The summed E-state index contributed by atoms with van der Waals surface area (Å²) in [6.45, 7) is -0.0381. The smallest absolute Gasteiger partial charge is 0.324 e. The van der Waals surface area contributed by atoms with E-state index in [9.17, 15) is 13.2 Å². The number of nitriles is 1. The summed E-state index contributed by atoms with van der Waals surface area (Å²) in [7, 11) is -3.91. The molecule has 1 fully saturated rings. The summed E-state index contributed by atoms with van der Waals surface area (Å²) in [6, 6.07) is 3.33. The molecule has 0 aliphatic carbocycles. The second kappa shape index (κ2) is 5.26. The van der Waals surface area contributed by atoms with Crippen molar-refractivity contribution >= 4 is 27.3 Å². The third kappa shape index (κ3) is 2.62. The Morgan fingerprint density at radius 3 is 2.89 bits per heavy atom. The zero-order valence-corrected chi connectivity index (χ0v) is 11.3. The largest absolute Gasteiger partial charge is 0.480 e. The second-order valence-corrected chi connectivity index (χ2v) is 6.98. The average Bonchev–Trinajstić information content (AvgIpc) is 2.88. The van der Waals surface area contributed by atoms with Crippen LogP contribution in [0.4, 0.5) is 0 Å². The minimum Gasteiger partial charge on any atom is -0.480 e. The molecule has 0 aromatic carbocycles. The molecular weight excluding hydrogens is 292 g/mol. The van der Waals surface area contributed by atoms with Gasteiger partial charge < -0.3 is 9.84 Å². The number of hydrogen-bond donors (Lipinski definition) is 1. The van der Waals surface area contributed by atoms with Gasteiger partial charge in [0.05, 0.1) is 13.2 Å². The molecule has 102 valence electrons. The van der Waals surface area contributed by atoms with Crippen LogP contribution in [0.2, 0.25) is 0 Å². The van der Waals surface area contributed by atoms with Gasteiger partial charge in [-0.1, -0.05) is 0 Å². The Labute approximate surface area is 113 Å². The summed E-state index contributed by atoms with van der Waals surface area (Å²) in [5, 5.41) is 17.7. The summed E-state index contributed by atoms with van der Waals surface area (Å²) < 4.78 is 30.6. The number of morpholine rings is 1. The highest BCUT2D eigenvalue weighted by Crippen LogP contribution is 2.26. The number of carboxylic acid groups (broad SMARTS) is 1. The Balaban J connectivity index is 2.37. The van der Waals surface area contributed by atoms with Crippen molar-refractivity contribution in [1.29, 1.82) is 5.26 Å². The van der Waals surface area contributed by atoms with Gasteiger partial charge in [0.25, 0.3) is 10.0 Å². The summed E-state index contributed by atoms with van der Waals surface area (Å²) in [5.41, 5.74) is 0. The van der Waals surface area contributed by atoms with Crippen LogP contribution in [-0.4, -0.2) is 49.6 Å². The number of thiophene rings is 1. The molecule has 1 N–H and O–H groups in total. The van der Waals surface area contributed by atoms with Gasteiger partial charge in [-0.25, -0.2) is 8.42 Å². The Morgan fingerprint density at radius 1 is 1.58 bits per heavy atom. The number of sulfonamides is 1. The predicted molar refractivity (Wildman–Crippen MR) is 65.2 cm³/mol. The fraction of sp³-hybridized carbons (Fsp3) is 0.400. The lowest BCUT2D eigenvalue weighted by molar-refractivity contribution is -0.146. The zero-order chi connectivity index (χ0) is 14.0. The molecule has 2 heterocycles. The van der Waals surface area contributed by atoms with Gasteiger partial charge in [0.1, 0.15) is 21.2 Å². The molecule has 1 aromatic heterocycles. The normalized spacial score (nSPS) is 20.9. The van der Waals surface area contributed by atoms with Gasteiger partial charge in [0, 0.05) is 6.54 Å². The van der Waals surface area contributed by atoms with E-state index in [2.05, 4.69) is 0 Å². The van der Waals surface area contributed by atoms with E-state index in [-0.39, 0.29) is 28.8 Å². The van der Waals surface area contributed by atoms with Crippen molar-refractivity contribution in [2.75, 3.05) is 19.8 Å². The van der Waals surface area contributed by atoms with Crippen molar-refractivity contribution in [2.45, 2.75) is 10.3 Å². The lowest BCUT2D eigenvalue weighted by Gasteiger charge is -2.31. The maximum atomic E-state index is 12.3. The standard InChI is InChI=1S/C10H10N2O5S2/c11-5-7-1-2-9(18-7)19(15,16)12-3-4-17-6-8(12)10(13)14/h1-2,8H,3-4,6H2,(H,13,14). The van der Waals surface area contributed by atoms with E-state index in [0.717, 1.165) is 15.6 Å². The first kappa shape index (κ1) is 14.0. The third-order valence-corrected chi connectivity index (χ3v) is 5.98. The van der Waals surface area contributed by atoms with Gasteiger partial charge in [-0.15, -0.1) is 11.3 Å². The van der Waals surface area contributed by atoms with E-state index < -0.39 is 22.0 Å². The molecule has 0 amide bonds. The molecule has 0 spiro atoms. The van der Waals surface area contributed by atoms with Gasteiger partial charge >= 0.3 is 5.97 Å². The number of nitrogens with zero attached hydrogens (tertiary/aromatic N) is 2. The average molecular weight is 302 g/mol. The highest BCUT2D eigenvalue weighted by Gasteiger charge is 2.39. The van der Waals surface area contributed by atoms with E-state index >= 15 is 0 Å². The van der Waals surface area contributed by atoms with E-state index in [1.165, 1.54) is 12.1 Å². The predicted octanol–water partition coefficient (Wildman–Crippen LogP) is 0.0939. The Bertz CT molecular complexity index is 631. The maximum Gasteiger partial charge on any atom is 0.324 e.